The lowest BCUT2D eigenvalue weighted by Gasteiger charge is -2.38. The number of halogens is 1. The summed E-state index contributed by atoms with van der Waals surface area (Å²) in [7, 11) is 0. The predicted molar refractivity (Wildman–Crippen MR) is 126 cm³/mol. The summed E-state index contributed by atoms with van der Waals surface area (Å²) in [6.45, 7) is 3.76. The molecule has 1 aliphatic heterocycles. The van der Waals surface area contributed by atoms with Gasteiger partial charge in [-0.1, -0.05) is 30.3 Å². The molecule has 4 rings (SSSR count). The van der Waals surface area contributed by atoms with E-state index in [2.05, 4.69) is 20.6 Å². The van der Waals surface area contributed by atoms with Gasteiger partial charge in [0.15, 0.2) is 5.11 Å². The van der Waals surface area contributed by atoms with Gasteiger partial charge in [-0.25, -0.2) is 9.37 Å². The van der Waals surface area contributed by atoms with Gasteiger partial charge >= 0.3 is 0 Å². The smallest absolute Gasteiger partial charge is 0.232 e. The number of aryl methyl sites for hydroxylation is 1. The van der Waals surface area contributed by atoms with Crippen molar-refractivity contribution in [2.24, 2.45) is 0 Å². The Balaban J connectivity index is 1.43. The molecule has 6 nitrogen and oxygen atoms in total. The van der Waals surface area contributed by atoms with Crippen LogP contribution in [0.2, 0.25) is 0 Å². The highest BCUT2D eigenvalue weighted by molar-refractivity contribution is 7.80. The molecule has 1 aliphatic rings. The van der Waals surface area contributed by atoms with Crippen LogP contribution in [-0.2, 0) is 10.2 Å². The second-order valence-corrected chi connectivity index (χ2v) is 8.20. The summed E-state index contributed by atoms with van der Waals surface area (Å²) >= 11 is 5.51. The molecule has 0 spiro atoms. The lowest BCUT2D eigenvalue weighted by atomic mass is 9.74. The van der Waals surface area contributed by atoms with Crippen LogP contribution in [-0.4, -0.2) is 34.8 Å². The fourth-order valence-electron chi connectivity index (χ4n) is 3.79. The van der Waals surface area contributed by atoms with Crippen molar-refractivity contribution in [1.29, 1.82) is 0 Å². The van der Waals surface area contributed by atoms with Gasteiger partial charge in [0.05, 0.1) is 0 Å². The highest BCUT2D eigenvalue weighted by Gasteiger charge is 2.34. The van der Waals surface area contributed by atoms with E-state index in [0.717, 1.165) is 24.1 Å². The molecule has 166 valence electrons. The Morgan fingerprint density at radius 2 is 1.81 bits per heavy atom. The molecule has 0 bridgehead atoms. The number of ether oxygens (including phenoxy) is 2. The van der Waals surface area contributed by atoms with E-state index in [1.807, 2.05) is 49.4 Å². The van der Waals surface area contributed by atoms with Gasteiger partial charge in [0, 0.05) is 36.9 Å². The first-order chi connectivity index (χ1) is 15.5. The van der Waals surface area contributed by atoms with Gasteiger partial charge in [-0.15, -0.1) is 0 Å². The lowest BCUT2D eigenvalue weighted by molar-refractivity contribution is 0.0515. The number of thiocarbonyl (C=S) groups is 1. The van der Waals surface area contributed by atoms with E-state index >= 15 is 0 Å². The highest BCUT2D eigenvalue weighted by Crippen LogP contribution is 2.34. The molecule has 0 atom stereocenters. The van der Waals surface area contributed by atoms with E-state index in [9.17, 15) is 4.39 Å². The van der Waals surface area contributed by atoms with Crippen molar-refractivity contribution < 1.29 is 13.9 Å². The number of hydrogen-bond acceptors (Lipinski definition) is 5. The van der Waals surface area contributed by atoms with Crippen LogP contribution in [0.1, 0.15) is 24.1 Å². The molecular formula is C24H25FN4O2S. The minimum Gasteiger partial charge on any atom is -0.439 e. The third kappa shape index (κ3) is 5.57. The number of aromatic nitrogens is 2. The Hall–Kier alpha value is -3.10. The third-order valence-corrected chi connectivity index (χ3v) is 5.76. The highest BCUT2D eigenvalue weighted by atomic mass is 32.1. The minimum absolute atomic E-state index is 0.188. The van der Waals surface area contributed by atoms with Crippen LogP contribution in [0.3, 0.4) is 0 Å². The van der Waals surface area contributed by atoms with Crippen LogP contribution in [0.5, 0.6) is 11.6 Å². The molecular weight excluding hydrogens is 427 g/mol. The molecule has 0 unspecified atom stereocenters. The molecule has 1 fully saturated rings. The van der Waals surface area contributed by atoms with Gasteiger partial charge in [0.1, 0.15) is 11.6 Å². The number of nitrogens with zero attached hydrogens (tertiary/aromatic N) is 2. The van der Waals surface area contributed by atoms with E-state index in [0.29, 0.717) is 42.4 Å². The SMILES string of the molecule is Cc1cc(Oc2ccccc2)nc(NC(=S)NCC2(c3ccc(F)cc3)CCOCC2)n1. The fourth-order valence-corrected chi connectivity index (χ4v) is 3.95. The van der Waals surface area contributed by atoms with Gasteiger partial charge in [-0.2, -0.15) is 4.98 Å². The molecule has 0 aliphatic carbocycles. The van der Waals surface area contributed by atoms with E-state index in [4.69, 9.17) is 21.7 Å². The summed E-state index contributed by atoms with van der Waals surface area (Å²) < 4.78 is 24.8. The van der Waals surface area contributed by atoms with Gasteiger partial charge in [-0.3, -0.25) is 0 Å². The summed E-state index contributed by atoms with van der Waals surface area (Å²) in [6.07, 6.45) is 1.65. The van der Waals surface area contributed by atoms with Crippen molar-refractivity contribution >= 4 is 23.3 Å². The summed E-state index contributed by atoms with van der Waals surface area (Å²) in [5, 5.41) is 6.76. The first-order valence-electron chi connectivity index (χ1n) is 10.5. The van der Waals surface area contributed by atoms with E-state index in [1.165, 1.54) is 12.1 Å². The number of nitrogens with one attached hydrogen (secondary N) is 2. The molecule has 0 saturated carbocycles. The fraction of sp³-hybridized carbons (Fsp3) is 0.292. The lowest BCUT2D eigenvalue weighted by Crippen LogP contribution is -2.45. The Bertz CT molecular complexity index is 1060. The molecule has 32 heavy (non-hydrogen) atoms. The molecule has 2 N–H and O–H groups in total. The standard InChI is InChI=1S/C24H25FN4O2S/c1-17-15-21(31-20-5-3-2-4-6-20)28-22(27-17)29-23(32)26-16-24(11-13-30-14-12-24)18-7-9-19(25)10-8-18/h2-10,15H,11-14,16H2,1H3,(H2,26,27,28,29,32). The predicted octanol–water partition coefficient (Wildman–Crippen LogP) is 4.75. The van der Waals surface area contributed by atoms with Crippen LogP contribution in [0.4, 0.5) is 10.3 Å². The van der Waals surface area contributed by atoms with Gasteiger partial charge in [-0.05, 0) is 61.8 Å². The van der Waals surface area contributed by atoms with Crippen molar-refractivity contribution in [2.45, 2.75) is 25.2 Å². The molecule has 2 aromatic carbocycles. The maximum Gasteiger partial charge on any atom is 0.232 e. The van der Waals surface area contributed by atoms with Gasteiger partial charge in [0.2, 0.25) is 11.8 Å². The molecule has 0 radical (unpaired) electrons. The molecule has 0 amide bonds. The zero-order chi connectivity index (χ0) is 22.4. The molecule has 1 aromatic heterocycles. The zero-order valence-electron chi connectivity index (χ0n) is 17.8. The van der Waals surface area contributed by atoms with Crippen molar-refractivity contribution in [1.82, 2.24) is 15.3 Å². The maximum atomic E-state index is 13.4. The Morgan fingerprint density at radius 3 is 2.53 bits per heavy atom. The Labute approximate surface area is 192 Å². The van der Waals surface area contributed by atoms with Crippen LogP contribution >= 0.6 is 12.2 Å². The van der Waals surface area contributed by atoms with Gasteiger partial charge in [0.25, 0.3) is 0 Å². The van der Waals surface area contributed by atoms with Crippen LogP contribution in [0, 0.1) is 12.7 Å². The first-order valence-corrected chi connectivity index (χ1v) is 10.9. The second-order valence-electron chi connectivity index (χ2n) is 7.79. The van der Waals surface area contributed by atoms with Crippen molar-refractivity contribution in [3.8, 4) is 11.6 Å². The van der Waals surface area contributed by atoms with Crippen molar-refractivity contribution in [3.05, 3.63) is 77.7 Å². The summed E-state index contributed by atoms with van der Waals surface area (Å²) in [5.41, 5.74) is 1.64. The average Bonchev–Trinajstić information content (AvgIpc) is 2.79. The number of benzene rings is 2. The maximum absolute atomic E-state index is 13.4. The second kappa shape index (κ2) is 10.0. The Kier molecular flexibility index (Phi) is 6.92. The van der Waals surface area contributed by atoms with Crippen LogP contribution < -0.4 is 15.4 Å². The quantitative estimate of drug-likeness (QED) is 0.523. The van der Waals surface area contributed by atoms with Crippen LogP contribution in [0.15, 0.2) is 60.7 Å². The summed E-state index contributed by atoms with van der Waals surface area (Å²) in [4.78, 5) is 8.82. The third-order valence-electron chi connectivity index (χ3n) is 5.52. The summed E-state index contributed by atoms with van der Waals surface area (Å²) in [5.74, 6) is 1.24. The molecule has 8 heteroatoms. The number of rotatable bonds is 6. The topological polar surface area (TPSA) is 68.3 Å². The zero-order valence-corrected chi connectivity index (χ0v) is 18.6. The van der Waals surface area contributed by atoms with E-state index < -0.39 is 0 Å². The summed E-state index contributed by atoms with van der Waals surface area (Å²) in [6, 6.07) is 17.9. The largest absolute Gasteiger partial charge is 0.439 e. The number of anilines is 1. The molecule has 2 heterocycles. The molecule has 1 saturated heterocycles. The Morgan fingerprint density at radius 1 is 1.09 bits per heavy atom. The molecule has 3 aromatic rings. The van der Waals surface area contributed by atoms with Gasteiger partial charge < -0.3 is 20.1 Å². The minimum atomic E-state index is -0.244. The number of hydrogen-bond donors (Lipinski definition) is 2. The van der Waals surface area contributed by atoms with Crippen LogP contribution in [0.25, 0.3) is 0 Å². The van der Waals surface area contributed by atoms with Crippen molar-refractivity contribution in [3.63, 3.8) is 0 Å². The van der Waals surface area contributed by atoms with Crippen molar-refractivity contribution in [2.75, 3.05) is 25.1 Å². The van der Waals surface area contributed by atoms with E-state index in [-0.39, 0.29) is 11.2 Å². The number of para-hydroxylation sites is 1. The average molecular weight is 453 g/mol. The normalized spacial score (nSPS) is 15.1. The van der Waals surface area contributed by atoms with E-state index in [1.54, 1.807) is 6.07 Å². The monoisotopic (exact) mass is 452 g/mol. The first kappa shape index (κ1) is 22.1.